The summed E-state index contributed by atoms with van der Waals surface area (Å²) >= 11 is 6.08. The van der Waals surface area contributed by atoms with Gasteiger partial charge in [0.2, 0.25) is 11.8 Å². The van der Waals surface area contributed by atoms with Crippen molar-refractivity contribution in [3.05, 3.63) is 40.5 Å². The molecule has 30 heavy (non-hydrogen) atoms. The van der Waals surface area contributed by atoms with Crippen molar-refractivity contribution in [2.75, 3.05) is 47.0 Å². The highest BCUT2D eigenvalue weighted by Gasteiger charge is 2.58. The van der Waals surface area contributed by atoms with Crippen LogP contribution in [-0.2, 0) is 9.53 Å². The van der Waals surface area contributed by atoms with E-state index in [1.54, 1.807) is 34.9 Å². The van der Waals surface area contributed by atoms with Crippen LogP contribution in [0.2, 0.25) is 5.02 Å². The van der Waals surface area contributed by atoms with Crippen LogP contribution in [0.15, 0.2) is 22.7 Å². The van der Waals surface area contributed by atoms with Crippen molar-refractivity contribution in [2.24, 2.45) is 5.41 Å². The summed E-state index contributed by atoms with van der Waals surface area (Å²) in [6.45, 7) is 3.64. The Hall–Kier alpha value is -2.65. The fourth-order valence-electron chi connectivity index (χ4n) is 4.36. The number of aromatic nitrogens is 2. The van der Waals surface area contributed by atoms with Crippen LogP contribution < -0.4 is 4.74 Å². The summed E-state index contributed by atoms with van der Waals surface area (Å²) in [5.74, 6) is 1.09. The summed E-state index contributed by atoms with van der Waals surface area (Å²) < 4.78 is 15.7. The van der Waals surface area contributed by atoms with Gasteiger partial charge in [-0.25, -0.2) is 0 Å². The lowest BCUT2D eigenvalue weighted by Gasteiger charge is -2.50. The van der Waals surface area contributed by atoms with Crippen molar-refractivity contribution >= 4 is 23.4 Å². The maximum atomic E-state index is 13.1. The zero-order valence-corrected chi connectivity index (χ0v) is 17.8. The molecule has 2 amide bonds. The number of benzene rings is 1. The van der Waals surface area contributed by atoms with Gasteiger partial charge in [-0.05, 0) is 25.1 Å². The summed E-state index contributed by atoms with van der Waals surface area (Å²) in [4.78, 5) is 33.4. The molecule has 3 heterocycles. The maximum absolute atomic E-state index is 13.1. The number of amides is 2. The number of methoxy groups -OCH3 is 2. The third-order valence-electron chi connectivity index (χ3n) is 5.80. The molecule has 10 heteroatoms. The van der Waals surface area contributed by atoms with Gasteiger partial charge in [-0.15, -0.1) is 0 Å². The minimum absolute atomic E-state index is 0.00796. The summed E-state index contributed by atoms with van der Waals surface area (Å²) in [5, 5.41) is 4.36. The minimum Gasteiger partial charge on any atom is -0.496 e. The number of carbonyl (C=O) groups is 2. The van der Waals surface area contributed by atoms with Gasteiger partial charge in [0.1, 0.15) is 12.4 Å². The molecule has 4 rings (SSSR count). The summed E-state index contributed by atoms with van der Waals surface area (Å²) in [7, 11) is 3.01. The van der Waals surface area contributed by atoms with Crippen molar-refractivity contribution in [3.63, 3.8) is 0 Å². The van der Waals surface area contributed by atoms with Gasteiger partial charge in [0.25, 0.3) is 5.91 Å². The third kappa shape index (κ3) is 3.52. The Kier molecular flexibility index (Phi) is 5.42. The van der Waals surface area contributed by atoms with E-state index in [0.717, 1.165) is 0 Å². The lowest BCUT2D eigenvalue weighted by atomic mass is 9.71. The molecule has 0 bridgehead atoms. The largest absolute Gasteiger partial charge is 0.496 e. The van der Waals surface area contributed by atoms with Crippen LogP contribution in [0.25, 0.3) is 0 Å². The third-order valence-corrected chi connectivity index (χ3v) is 6.04. The van der Waals surface area contributed by atoms with Gasteiger partial charge in [0.05, 0.1) is 18.6 Å². The van der Waals surface area contributed by atoms with Gasteiger partial charge in [-0.3, -0.25) is 9.59 Å². The van der Waals surface area contributed by atoms with Crippen molar-refractivity contribution in [1.29, 1.82) is 0 Å². The van der Waals surface area contributed by atoms with Crippen molar-refractivity contribution in [3.8, 4) is 5.75 Å². The standard InChI is InChI=1S/C20H23ClN4O5/c1-12-22-18(30-23-12)15-7-24(17(26)8-28-2)9-20(15)10-25(11-20)19(27)14-6-13(21)4-5-16(14)29-3/h4-6,15H,7-11H2,1-3H3. The van der Waals surface area contributed by atoms with Crippen LogP contribution in [0.1, 0.15) is 28.0 Å². The molecule has 0 N–H and O–H groups in total. The van der Waals surface area contributed by atoms with E-state index in [1.165, 1.54) is 14.2 Å². The monoisotopic (exact) mass is 434 g/mol. The molecule has 1 aromatic heterocycles. The Balaban J connectivity index is 1.57. The van der Waals surface area contributed by atoms with Crippen molar-refractivity contribution in [2.45, 2.75) is 12.8 Å². The number of carbonyl (C=O) groups excluding carboxylic acids is 2. The fraction of sp³-hybridized carbons (Fsp3) is 0.500. The summed E-state index contributed by atoms with van der Waals surface area (Å²) in [6.07, 6.45) is 0. The molecule has 9 nitrogen and oxygen atoms in total. The first-order chi connectivity index (χ1) is 14.4. The minimum atomic E-state index is -0.343. The second-order valence-electron chi connectivity index (χ2n) is 7.81. The number of halogens is 1. The van der Waals surface area contributed by atoms with Gasteiger partial charge in [0.15, 0.2) is 5.82 Å². The van der Waals surface area contributed by atoms with E-state index in [4.69, 9.17) is 25.6 Å². The van der Waals surface area contributed by atoms with Crippen LogP contribution in [0, 0.1) is 12.3 Å². The van der Waals surface area contributed by atoms with Gasteiger partial charge in [-0.1, -0.05) is 16.8 Å². The zero-order chi connectivity index (χ0) is 21.5. The number of rotatable bonds is 5. The van der Waals surface area contributed by atoms with Gasteiger partial charge in [0, 0.05) is 43.7 Å². The molecular weight excluding hydrogens is 412 g/mol. The highest BCUT2D eigenvalue weighted by Crippen LogP contribution is 2.49. The SMILES string of the molecule is COCC(=O)N1CC(c2nc(C)no2)C2(C1)CN(C(=O)c1cc(Cl)ccc1OC)C2. The quantitative estimate of drug-likeness (QED) is 0.707. The van der Waals surface area contributed by atoms with Gasteiger partial charge >= 0.3 is 0 Å². The first kappa shape index (κ1) is 20.6. The van der Waals surface area contributed by atoms with E-state index < -0.39 is 0 Å². The average Bonchev–Trinajstić information content (AvgIpc) is 3.30. The van der Waals surface area contributed by atoms with E-state index in [9.17, 15) is 9.59 Å². The number of hydrogen-bond acceptors (Lipinski definition) is 7. The molecule has 2 aromatic rings. The summed E-state index contributed by atoms with van der Waals surface area (Å²) in [5.41, 5.74) is 0.0690. The lowest BCUT2D eigenvalue weighted by Crippen LogP contribution is -2.61. The molecule has 2 aliphatic rings. The van der Waals surface area contributed by atoms with Crippen LogP contribution >= 0.6 is 11.6 Å². The molecule has 2 saturated heterocycles. The first-order valence-electron chi connectivity index (χ1n) is 9.56. The summed E-state index contributed by atoms with van der Waals surface area (Å²) in [6, 6.07) is 4.96. The van der Waals surface area contributed by atoms with E-state index in [1.807, 2.05) is 0 Å². The molecule has 0 aliphatic carbocycles. The Morgan fingerprint density at radius 1 is 1.27 bits per heavy atom. The Morgan fingerprint density at radius 3 is 2.63 bits per heavy atom. The first-order valence-corrected chi connectivity index (χ1v) is 9.94. The maximum Gasteiger partial charge on any atom is 0.257 e. The Bertz CT molecular complexity index is 972. The second-order valence-corrected chi connectivity index (χ2v) is 8.24. The van der Waals surface area contributed by atoms with Gasteiger partial charge < -0.3 is 23.8 Å². The van der Waals surface area contributed by atoms with E-state index >= 15 is 0 Å². The number of hydrogen-bond donors (Lipinski definition) is 0. The molecule has 0 saturated carbocycles. The van der Waals surface area contributed by atoms with E-state index in [-0.39, 0.29) is 29.8 Å². The van der Waals surface area contributed by atoms with Crippen LogP contribution in [0.4, 0.5) is 0 Å². The normalized spacial score (nSPS) is 19.8. The van der Waals surface area contributed by atoms with E-state index in [2.05, 4.69) is 10.1 Å². The average molecular weight is 435 g/mol. The Morgan fingerprint density at radius 2 is 2.00 bits per heavy atom. The van der Waals surface area contributed by atoms with Crippen LogP contribution in [-0.4, -0.2) is 78.8 Å². The Labute approximate surface area is 178 Å². The molecule has 1 unspecified atom stereocenters. The molecule has 1 aromatic carbocycles. The smallest absolute Gasteiger partial charge is 0.257 e. The highest BCUT2D eigenvalue weighted by atomic mass is 35.5. The molecule has 160 valence electrons. The molecule has 1 spiro atoms. The number of likely N-dealkylation sites (tertiary alicyclic amines) is 2. The number of nitrogens with zero attached hydrogens (tertiary/aromatic N) is 4. The topological polar surface area (TPSA) is 98.0 Å². The fourth-order valence-corrected chi connectivity index (χ4v) is 4.54. The van der Waals surface area contributed by atoms with Gasteiger partial charge in [-0.2, -0.15) is 4.98 Å². The van der Waals surface area contributed by atoms with Crippen LogP contribution in [0.3, 0.4) is 0 Å². The lowest BCUT2D eigenvalue weighted by molar-refractivity contribution is -0.134. The number of ether oxygens (including phenoxy) is 2. The molecule has 0 radical (unpaired) electrons. The predicted octanol–water partition coefficient (Wildman–Crippen LogP) is 1.75. The van der Waals surface area contributed by atoms with Crippen LogP contribution in [0.5, 0.6) is 5.75 Å². The van der Waals surface area contributed by atoms with Crippen molar-refractivity contribution in [1.82, 2.24) is 19.9 Å². The number of aryl methyl sites for hydroxylation is 1. The van der Waals surface area contributed by atoms with E-state index in [0.29, 0.717) is 54.2 Å². The zero-order valence-electron chi connectivity index (χ0n) is 17.1. The van der Waals surface area contributed by atoms with Crippen molar-refractivity contribution < 1.29 is 23.6 Å². The predicted molar refractivity (Wildman–Crippen MR) is 107 cm³/mol. The highest BCUT2D eigenvalue weighted by molar-refractivity contribution is 6.31. The second kappa shape index (κ2) is 7.88. The molecule has 1 atom stereocenters. The molecular formula is C20H23ClN4O5. The molecule has 2 fully saturated rings. The molecule has 2 aliphatic heterocycles.